The molecule has 2 rings (SSSR count). The Morgan fingerprint density at radius 2 is 2.00 bits per heavy atom. The van der Waals surface area contributed by atoms with Crippen molar-refractivity contribution in [2.45, 2.75) is 6.54 Å². The van der Waals surface area contributed by atoms with Crippen molar-refractivity contribution in [3.8, 4) is 5.75 Å². The second-order valence-corrected chi connectivity index (χ2v) is 3.86. The van der Waals surface area contributed by atoms with Crippen molar-refractivity contribution in [3.63, 3.8) is 0 Å². The maximum Gasteiger partial charge on any atom is 0.341 e. The molecule has 0 saturated carbocycles. The van der Waals surface area contributed by atoms with E-state index in [2.05, 4.69) is 10.3 Å². The van der Waals surface area contributed by atoms with Gasteiger partial charge in [-0.15, -0.1) is 0 Å². The average Bonchev–Trinajstić information content (AvgIpc) is 2.45. The molecule has 1 aromatic heterocycles. The van der Waals surface area contributed by atoms with E-state index in [0.29, 0.717) is 12.3 Å². The van der Waals surface area contributed by atoms with E-state index in [1.807, 2.05) is 30.3 Å². The first-order valence-corrected chi connectivity index (χ1v) is 5.83. The molecule has 1 heterocycles. The molecule has 0 aliphatic rings. The fourth-order valence-electron chi connectivity index (χ4n) is 1.58. The van der Waals surface area contributed by atoms with Gasteiger partial charge in [-0.05, 0) is 18.2 Å². The molecule has 0 radical (unpaired) electrons. The molecule has 0 unspecified atom stereocenters. The topological polar surface area (TPSA) is 71.5 Å². The van der Waals surface area contributed by atoms with E-state index >= 15 is 0 Å². The molecule has 0 atom stereocenters. The van der Waals surface area contributed by atoms with Crippen LogP contribution in [0.5, 0.6) is 5.75 Å². The lowest BCUT2D eigenvalue weighted by molar-refractivity contribution is -0.139. The molecule has 2 N–H and O–H groups in total. The summed E-state index contributed by atoms with van der Waals surface area (Å²) < 4.78 is 5.23. The summed E-state index contributed by atoms with van der Waals surface area (Å²) in [5.74, 6) is 0.330. The number of carboxylic acid groups (broad SMARTS) is 1. The normalized spacial score (nSPS) is 9.89. The summed E-state index contributed by atoms with van der Waals surface area (Å²) in [6.45, 7) is 0.174. The molecule has 0 amide bonds. The highest BCUT2D eigenvalue weighted by Gasteiger charge is 2.05. The fourth-order valence-corrected chi connectivity index (χ4v) is 1.58. The molecule has 0 spiro atoms. The zero-order chi connectivity index (χ0) is 13.5. The molecule has 98 valence electrons. The summed E-state index contributed by atoms with van der Waals surface area (Å²) in [4.78, 5) is 14.7. The summed E-state index contributed by atoms with van der Waals surface area (Å²) in [6, 6.07) is 12.9. The average molecular weight is 258 g/mol. The van der Waals surface area contributed by atoms with Crippen molar-refractivity contribution in [2.75, 3.05) is 11.9 Å². The van der Waals surface area contributed by atoms with Crippen molar-refractivity contribution in [2.24, 2.45) is 0 Å². The van der Waals surface area contributed by atoms with Gasteiger partial charge in [0.1, 0.15) is 11.6 Å². The Bertz CT molecular complexity index is 543. The van der Waals surface area contributed by atoms with Crippen molar-refractivity contribution in [3.05, 3.63) is 54.2 Å². The van der Waals surface area contributed by atoms with E-state index in [0.717, 1.165) is 11.4 Å². The van der Waals surface area contributed by atoms with E-state index in [1.165, 1.54) is 0 Å². The Hall–Kier alpha value is -2.56. The van der Waals surface area contributed by atoms with Crippen LogP contribution < -0.4 is 10.1 Å². The van der Waals surface area contributed by atoms with E-state index in [1.54, 1.807) is 18.3 Å². The zero-order valence-corrected chi connectivity index (χ0v) is 10.2. The number of aromatic nitrogens is 1. The fraction of sp³-hybridized carbons (Fsp3) is 0.143. The van der Waals surface area contributed by atoms with Gasteiger partial charge in [-0.2, -0.15) is 0 Å². The minimum Gasteiger partial charge on any atom is -0.482 e. The molecular formula is C14H14N2O3. The van der Waals surface area contributed by atoms with Gasteiger partial charge in [0, 0.05) is 18.3 Å². The quantitative estimate of drug-likeness (QED) is 0.830. The molecule has 2 aromatic rings. The van der Waals surface area contributed by atoms with Crippen LogP contribution in [0.4, 0.5) is 5.82 Å². The number of aliphatic carboxylic acids is 1. The SMILES string of the molecule is O=C(O)COc1ccccc1CNc1ccccn1. The maximum atomic E-state index is 10.5. The second kappa shape index (κ2) is 6.39. The largest absolute Gasteiger partial charge is 0.482 e. The number of pyridine rings is 1. The molecule has 5 nitrogen and oxygen atoms in total. The van der Waals surface area contributed by atoms with Crippen molar-refractivity contribution in [1.29, 1.82) is 0 Å². The molecular weight excluding hydrogens is 244 g/mol. The van der Waals surface area contributed by atoms with E-state index in [4.69, 9.17) is 9.84 Å². The van der Waals surface area contributed by atoms with Crippen LogP contribution in [0.25, 0.3) is 0 Å². The highest BCUT2D eigenvalue weighted by Crippen LogP contribution is 2.18. The number of ether oxygens (including phenoxy) is 1. The number of rotatable bonds is 6. The Labute approximate surface area is 110 Å². The first-order valence-electron chi connectivity index (χ1n) is 5.83. The van der Waals surface area contributed by atoms with Gasteiger partial charge in [0.2, 0.25) is 0 Å². The third-order valence-corrected chi connectivity index (χ3v) is 2.45. The summed E-state index contributed by atoms with van der Waals surface area (Å²) in [7, 11) is 0. The lowest BCUT2D eigenvalue weighted by Gasteiger charge is -2.11. The zero-order valence-electron chi connectivity index (χ0n) is 10.2. The monoisotopic (exact) mass is 258 g/mol. The molecule has 0 bridgehead atoms. The van der Waals surface area contributed by atoms with Gasteiger partial charge >= 0.3 is 5.97 Å². The van der Waals surface area contributed by atoms with Crippen LogP contribution in [-0.4, -0.2) is 22.7 Å². The van der Waals surface area contributed by atoms with Gasteiger partial charge in [0.15, 0.2) is 6.61 Å². The van der Waals surface area contributed by atoms with E-state index in [-0.39, 0.29) is 6.61 Å². The molecule has 19 heavy (non-hydrogen) atoms. The summed E-state index contributed by atoms with van der Waals surface area (Å²) in [5.41, 5.74) is 0.884. The third-order valence-electron chi connectivity index (χ3n) is 2.45. The molecule has 5 heteroatoms. The number of hydrogen-bond donors (Lipinski definition) is 2. The number of carboxylic acids is 1. The van der Waals surface area contributed by atoms with E-state index in [9.17, 15) is 4.79 Å². The predicted molar refractivity (Wildman–Crippen MR) is 71.1 cm³/mol. The first-order chi connectivity index (χ1) is 9.25. The molecule has 0 aliphatic heterocycles. The highest BCUT2D eigenvalue weighted by atomic mass is 16.5. The van der Waals surface area contributed by atoms with Gasteiger partial charge in [0.25, 0.3) is 0 Å². The smallest absolute Gasteiger partial charge is 0.341 e. The minimum atomic E-state index is -0.993. The second-order valence-electron chi connectivity index (χ2n) is 3.86. The Kier molecular flexibility index (Phi) is 4.34. The van der Waals surface area contributed by atoms with Gasteiger partial charge in [-0.25, -0.2) is 9.78 Å². The maximum absolute atomic E-state index is 10.5. The van der Waals surface area contributed by atoms with Gasteiger partial charge in [-0.1, -0.05) is 24.3 Å². The predicted octanol–water partition coefficient (Wildman–Crippen LogP) is 2.16. The van der Waals surface area contributed by atoms with Crippen LogP contribution >= 0.6 is 0 Å². The Morgan fingerprint density at radius 1 is 1.21 bits per heavy atom. The van der Waals surface area contributed by atoms with E-state index < -0.39 is 5.97 Å². The van der Waals surface area contributed by atoms with Crippen LogP contribution in [0.3, 0.4) is 0 Å². The molecule has 0 fully saturated rings. The van der Waals surface area contributed by atoms with Crippen LogP contribution in [0.2, 0.25) is 0 Å². The summed E-state index contributed by atoms with van der Waals surface area (Å²) >= 11 is 0. The van der Waals surface area contributed by atoms with Crippen molar-refractivity contribution < 1.29 is 14.6 Å². The Morgan fingerprint density at radius 3 is 2.74 bits per heavy atom. The first kappa shape index (κ1) is 12.9. The number of nitrogens with zero attached hydrogens (tertiary/aromatic N) is 1. The third kappa shape index (κ3) is 3.99. The van der Waals surface area contributed by atoms with Gasteiger partial charge in [-0.3, -0.25) is 0 Å². The number of nitrogens with one attached hydrogen (secondary N) is 1. The summed E-state index contributed by atoms with van der Waals surface area (Å²) in [6.07, 6.45) is 1.70. The minimum absolute atomic E-state index is 0.347. The summed E-state index contributed by atoms with van der Waals surface area (Å²) in [5, 5.41) is 11.8. The van der Waals surface area contributed by atoms with Crippen LogP contribution in [0.1, 0.15) is 5.56 Å². The standard InChI is InChI=1S/C14H14N2O3/c17-14(18)10-19-12-6-2-1-5-11(12)9-16-13-7-3-4-8-15-13/h1-8H,9-10H2,(H,15,16)(H,17,18). The number of benzene rings is 1. The van der Waals surface area contributed by atoms with Gasteiger partial charge < -0.3 is 15.2 Å². The van der Waals surface area contributed by atoms with Crippen LogP contribution in [0.15, 0.2) is 48.7 Å². The number of hydrogen-bond acceptors (Lipinski definition) is 4. The molecule has 0 aliphatic carbocycles. The number of anilines is 1. The van der Waals surface area contributed by atoms with Crippen LogP contribution in [-0.2, 0) is 11.3 Å². The van der Waals surface area contributed by atoms with Crippen molar-refractivity contribution in [1.82, 2.24) is 4.98 Å². The number of carbonyl (C=O) groups is 1. The molecule has 1 aromatic carbocycles. The molecule has 0 saturated heterocycles. The lowest BCUT2D eigenvalue weighted by Crippen LogP contribution is -2.11. The van der Waals surface area contributed by atoms with Gasteiger partial charge in [0.05, 0.1) is 0 Å². The van der Waals surface area contributed by atoms with Crippen LogP contribution in [0, 0.1) is 0 Å². The van der Waals surface area contributed by atoms with Crippen molar-refractivity contribution >= 4 is 11.8 Å². The Balaban J connectivity index is 2.01. The number of para-hydroxylation sites is 1. The lowest BCUT2D eigenvalue weighted by atomic mass is 10.2. The highest BCUT2D eigenvalue weighted by molar-refractivity contribution is 5.68.